The van der Waals surface area contributed by atoms with Gasteiger partial charge in [-0.3, -0.25) is 5.10 Å². The van der Waals surface area contributed by atoms with Crippen molar-refractivity contribution in [1.29, 1.82) is 0 Å². The molecule has 0 radical (unpaired) electrons. The molecule has 0 aliphatic heterocycles. The second-order valence-electron chi connectivity index (χ2n) is 4.49. The lowest BCUT2D eigenvalue weighted by atomic mass is 10.1. The fraction of sp³-hybridized carbons (Fsp3) is 0.167. The monoisotopic (exact) mass is 319 g/mol. The Hall–Kier alpha value is -2.59. The number of nitrogens with one attached hydrogen (secondary N) is 2. The highest BCUT2D eigenvalue weighted by Gasteiger charge is 2.14. The Morgan fingerprint density at radius 3 is 2.91 bits per heavy atom. The maximum Gasteiger partial charge on any atom is 0.240 e. The largest absolute Gasteiger partial charge is 0.285 e. The van der Waals surface area contributed by atoms with Crippen LogP contribution in [0.15, 0.2) is 47.9 Å². The van der Waals surface area contributed by atoms with Crippen LogP contribution in [0.2, 0.25) is 0 Å². The molecular weight excluding hydrogens is 306 g/mol. The number of aromatic nitrogens is 6. The van der Waals surface area contributed by atoms with E-state index in [9.17, 15) is 8.42 Å². The quantitative estimate of drug-likeness (QED) is 0.662. The van der Waals surface area contributed by atoms with Crippen LogP contribution >= 0.6 is 0 Å². The normalized spacial score (nSPS) is 11.6. The second kappa shape index (κ2) is 6.03. The van der Waals surface area contributed by atoms with Gasteiger partial charge in [-0.1, -0.05) is 12.1 Å². The zero-order valence-electron chi connectivity index (χ0n) is 11.4. The van der Waals surface area contributed by atoms with Gasteiger partial charge in [0.1, 0.15) is 6.33 Å². The molecule has 114 valence electrons. The van der Waals surface area contributed by atoms with E-state index < -0.39 is 10.0 Å². The van der Waals surface area contributed by atoms with E-state index in [0.717, 1.165) is 11.1 Å². The first-order valence-electron chi connectivity index (χ1n) is 6.45. The lowest BCUT2D eigenvalue weighted by Gasteiger charge is -2.07. The highest BCUT2D eigenvalue weighted by molar-refractivity contribution is 7.89. The fourth-order valence-electron chi connectivity index (χ4n) is 1.91. The highest BCUT2D eigenvalue weighted by atomic mass is 32.2. The third-order valence-electron chi connectivity index (χ3n) is 3.00. The first kappa shape index (κ1) is 14.4. The summed E-state index contributed by atoms with van der Waals surface area (Å²) in [5.74, 6) is 0. The average molecular weight is 319 g/mol. The topological polar surface area (TPSA) is 118 Å². The van der Waals surface area contributed by atoms with Crippen LogP contribution < -0.4 is 4.72 Å². The minimum atomic E-state index is -3.59. The molecule has 1 aromatic carbocycles. The summed E-state index contributed by atoms with van der Waals surface area (Å²) in [6, 6.07) is 6.66. The molecule has 2 heterocycles. The van der Waals surface area contributed by atoms with E-state index in [2.05, 4.69) is 30.4 Å². The number of nitrogens with zero attached hydrogens (tertiary/aromatic N) is 5. The lowest BCUT2D eigenvalue weighted by Crippen LogP contribution is -2.27. The molecular formula is C12H13N7O2S. The Morgan fingerprint density at radius 2 is 2.18 bits per heavy atom. The standard InChI is InChI=1S/C12H13N7O2S/c20-22(21,16-4-5-19-9-15-17-18-19)12-3-1-2-10(6-12)11-7-13-14-8-11/h1-3,6-9,16H,4-5H2,(H,13,14). The summed E-state index contributed by atoms with van der Waals surface area (Å²) < 4.78 is 28.5. The van der Waals surface area contributed by atoms with E-state index in [4.69, 9.17) is 0 Å². The molecule has 0 aliphatic carbocycles. The molecule has 2 aromatic heterocycles. The molecule has 0 fully saturated rings. The van der Waals surface area contributed by atoms with Crippen molar-refractivity contribution in [3.63, 3.8) is 0 Å². The van der Waals surface area contributed by atoms with Crippen LogP contribution in [0.4, 0.5) is 0 Å². The summed E-state index contributed by atoms with van der Waals surface area (Å²) in [5.41, 5.74) is 1.60. The van der Waals surface area contributed by atoms with Gasteiger partial charge in [0, 0.05) is 18.3 Å². The maximum atomic E-state index is 12.3. The van der Waals surface area contributed by atoms with Crippen molar-refractivity contribution < 1.29 is 8.42 Å². The SMILES string of the molecule is O=S(=O)(NCCn1cnnn1)c1cccc(-c2cn[nH]c2)c1. The zero-order valence-corrected chi connectivity index (χ0v) is 12.2. The van der Waals surface area contributed by atoms with E-state index >= 15 is 0 Å². The molecule has 0 atom stereocenters. The van der Waals surface area contributed by atoms with Gasteiger partial charge in [0.25, 0.3) is 0 Å². The molecule has 10 heteroatoms. The van der Waals surface area contributed by atoms with Crippen LogP contribution in [0, 0.1) is 0 Å². The third-order valence-corrected chi connectivity index (χ3v) is 4.46. The Morgan fingerprint density at radius 1 is 1.27 bits per heavy atom. The Bertz CT molecular complexity index is 828. The van der Waals surface area contributed by atoms with Crippen molar-refractivity contribution in [3.8, 4) is 11.1 Å². The summed E-state index contributed by atoms with van der Waals surface area (Å²) in [7, 11) is -3.59. The van der Waals surface area contributed by atoms with Crippen LogP contribution in [-0.4, -0.2) is 45.4 Å². The van der Waals surface area contributed by atoms with Crippen molar-refractivity contribution in [2.45, 2.75) is 11.4 Å². The molecule has 3 aromatic rings. The molecule has 9 nitrogen and oxygen atoms in total. The third kappa shape index (κ3) is 3.18. The predicted octanol–water partition coefficient (Wildman–Crippen LogP) is 0.0417. The predicted molar refractivity (Wildman–Crippen MR) is 77.0 cm³/mol. The van der Waals surface area contributed by atoms with Gasteiger partial charge in [-0.05, 0) is 28.1 Å². The van der Waals surface area contributed by atoms with Gasteiger partial charge in [0.15, 0.2) is 0 Å². The molecule has 22 heavy (non-hydrogen) atoms. The first-order chi connectivity index (χ1) is 10.6. The smallest absolute Gasteiger partial charge is 0.240 e. The van der Waals surface area contributed by atoms with Crippen molar-refractivity contribution in [1.82, 2.24) is 35.1 Å². The fourth-order valence-corrected chi connectivity index (χ4v) is 2.98. The number of hydrogen-bond acceptors (Lipinski definition) is 6. The molecule has 0 spiro atoms. The van der Waals surface area contributed by atoms with E-state index in [1.165, 1.54) is 11.0 Å². The van der Waals surface area contributed by atoms with E-state index in [0.29, 0.717) is 6.54 Å². The minimum Gasteiger partial charge on any atom is -0.285 e. The molecule has 0 saturated carbocycles. The molecule has 0 unspecified atom stereocenters. The Balaban J connectivity index is 1.73. The van der Waals surface area contributed by atoms with Gasteiger partial charge in [0.05, 0.1) is 17.6 Å². The van der Waals surface area contributed by atoms with E-state index in [1.54, 1.807) is 30.6 Å². The molecule has 3 rings (SSSR count). The van der Waals surface area contributed by atoms with Crippen LogP contribution in [0.25, 0.3) is 11.1 Å². The molecule has 0 aliphatic rings. The van der Waals surface area contributed by atoms with Gasteiger partial charge < -0.3 is 0 Å². The summed E-state index contributed by atoms with van der Waals surface area (Å²) in [5, 5.41) is 17.2. The summed E-state index contributed by atoms with van der Waals surface area (Å²) in [6.45, 7) is 0.553. The van der Waals surface area contributed by atoms with Crippen LogP contribution in [0.3, 0.4) is 0 Å². The number of tetrazole rings is 1. The molecule has 0 saturated heterocycles. The van der Waals surface area contributed by atoms with Gasteiger partial charge in [-0.25, -0.2) is 17.8 Å². The average Bonchev–Trinajstić information content (AvgIpc) is 3.21. The maximum absolute atomic E-state index is 12.3. The summed E-state index contributed by atoms with van der Waals surface area (Å²) in [4.78, 5) is 0.197. The number of H-pyrrole nitrogens is 1. The van der Waals surface area contributed by atoms with Gasteiger partial charge in [-0.15, -0.1) is 5.10 Å². The number of benzene rings is 1. The van der Waals surface area contributed by atoms with E-state index in [1.807, 2.05) is 6.07 Å². The number of hydrogen-bond donors (Lipinski definition) is 2. The second-order valence-corrected chi connectivity index (χ2v) is 6.25. The van der Waals surface area contributed by atoms with Gasteiger partial charge in [0.2, 0.25) is 10.0 Å². The molecule has 0 bridgehead atoms. The number of sulfonamides is 1. The number of aromatic amines is 1. The lowest BCUT2D eigenvalue weighted by molar-refractivity contribution is 0.553. The summed E-state index contributed by atoms with van der Waals surface area (Å²) in [6.07, 6.45) is 4.77. The van der Waals surface area contributed by atoms with E-state index in [-0.39, 0.29) is 11.4 Å². The Labute approximate surface area is 126 Å². The van der Waals surface area contributed by atoms with Crippen molar-refractivity contribution in [3.05, 3.63) is 43.0 Å². The molecule has 0 amide bonds. The van der Waals surface area contributed by atoms with Crippen LogP contribution in [-0.2, 0) is 16.6 Å². The zero-order chi connectivity index (χ0) is 15.4. The summed E-state index contributed by atoms with van der Waals surface area (Å²) >= 11 is 0. The minimum absolute atomic E-state index is 0.197. The highest BCUT2D eigenvalue weighted by Crippen LogP contribution is 2.21. The van der Waals surface area contributed by atoms with Crippen molar-refractivity contribution >= 4 is 10.0 Å². The first-order valence-corrected chi connectivity index (χ1v) is 7.93. The van der Waals surface area contributed by atoms with Gasteiger partial charge in [-0.2, -0.15) is 5.10 Å². The van der Waals surface area contributed by atoms with Gasteiger partial charge >= 0.3 is 0 Å². The molecule has 2 N–H and O–H groups in total. The van der Waals surface area contributed by atoms with Crippen LogP contribution in [0.1, 0.15) is 0 Å². The number of rotatable bonds is 6. The Kier molecular flexibility index (Phi) is 3.94. The van der Waals surface area contributed by atoms with Crippen molar-refractivity contribution in [2.24, 2.45) is 0 Å². The van der Waals surface area contributed by atoms with Crippen LogP contribution in [0.5, 0.6) is 0 Å². The van der Waals surface area contributed by atoms with Crippen molar-refractivity contribution in [2.75, 3.05) is 6.54 Å².